The van der Waals surface area contributed by atoms with Crippen molar-refractivity contribution in [3.05, 3.63) is 57.6 Å². The fraction of sp³-hybridized carbons (Fsp3) is 0.0769. The molecule has 0 fully saturated rings. The summed E-state index contributed by atoms with van der Waals surface area (Å²) in [5.41, 5.74) is -2.30. The van der Waals surface area contributed by atoms with Crippen LogP contribution in [0, 0.1) is 5.82 Å². The van der Waals surface area contributed by atoms with Crippen molar-refractivity contribution in [2.24, 2.45) is 0 Å². The van der Waals surface area contributed by atoms with Gasteiger partial charge in [-0.1, -0.05) is 16.8 Å². The normalized spacial score (nSPS) is 11.7. The molecule has 24 heavy (non-hydrogen) atoms. The van der Waals surface area contributed by atoms with E-state index in [1.807, 2.05) is 0 Å². The van der Waals surface area contributed by atoms with Gasteiger partial charge in [0.15, 0.2) is 11.5 Å². The van der Waals surface area contributed by atoms with E-state index in [9.17, 15) is 22.4 Å². The van der Waals surface area contributed by atoms with Crippen molar-refractivity contribution < 1.29 is 17.6 Å². The molecular formula is C13H6ClF4N5O. The molecule has 0 aliphatic carbocycles. The number of halogens is 5. The van der Waals surface area contributed by atoms with E-state index < -0.39 is 23.2 Å². The first-order chi connectivity index (χ1) is 11.3. The Hall–Kier alpha value is -2.75. The summed E-state index contributed by atoms with van der Waals surface area (Å²) in [5, 5.41) is 6.08. The molecule has 0 aliphatic heterocycles. The second kappa shape index (κ2) is 5.71. The summed E-state index contributed by atoms with van der Waals surface area (Å²) in [6.07, 6.45) is -3.07. The number of alkyl halides is 3. The van der Waals surface area contributed by atoms with Gasteiger partial charge in [-0.2, -0.15) is 13.2 Å². The predicted octanol–water partition coefficient (Wildman–Crippen LogP) is 2.83. The van der Waals surface area contributed by atoms with Gasteiger partial charge in [-0.05, 0) is 12.1 Å². The van der Waals surface area contributed by atoms with Gasteiger partial charge in [0, 0.05) is 6.07 Å². The van der Waals surface area contributed by atoms with Gasteiger partial charge in [0.05, 0.1) is 34.5 Å². The summed E-state index contributed by atoms with van der Waals surface area (Å²) >= 11 is 5.73. The topological polar surface area (TPSA) is 76.5 Å². The lowest BCUT2D eigenvalue weighted by Gasteiger charge is -2.10. The number of aromatic nitrogens is 5. The first-order valence-electron chi connectivity index (χ1n) is 6.30. The minimum absolute atomic E-state index is 0.0991. The van der Waals surface area contributed by atoms with Crippen LogP contribution >= 0.6 is 11.6 Å². The van der Waals surface area contributed by atoms with Crippen LogP contribution in [0.4, 0.5) is 17.6 Å². The molecule has 0 unspecified atom stereocenters. The summed E-state index contributed by atoms with van der Waals surface area (Å²) < 4.78 is 53.2. The van der Waals surface area contributed by atoms with Gasteiger partial charge in [0.25, 0.3) is 5.56 Å². The van der Waals surface area contributed by atoms with Crippen LogP contribution in [-0.2, 0) is 6.18 Å². The zero-order valence-corrected chi connectivity index (χ0v) is 12.2. The number of nitrogens with zero attached hydrogens (tertiary/aromatic N) is 4. The average Bonchev–Trinajstić information content (AvgIpc) is 2.99. The van der Waals surface area contributed by atoms with E-state index in [-0.39, 0.29) is 22.0 Å². The van der Waals surface area contributed by atoms with Gasteiger partial charge in [0.2, 0.25) is 0 Å². The van der Waals surface area contributed by atoms with Crippen LogP contribution in [0.25, 0.3) is 16.9 Å². The maximum absolute atomic E-state index is 14.4. The van der Waals surface area contributed by atoms with Crippen LogP contribution in [0.3, 0.4) is 0 Å². The van der Waals surface area contributed by atoms with E-state index in [4.69, 9.17) is 11.6 Å². The van der Waals surface area contributed by atoms with Crippen LogP contribution < -0.4 is 5.56 Å². The number of rotatable bonds is 2. The van der Waals surface area contributed by atoms with Gasteiger partial charge in [-0.25, -0.2) is 14.1 Å². The Labute approximate surface area is 135 Å². The van der Waals surface area contributed by atoms with E-state index in [1.165, 1.54) is 6.07 Å². The molecule has 0 saturated heterocycles. The lowest BCUT2D eigenvalue weighted by atomic mass is 10.1. The van der Waals surface area contributed by atoms with Gasteiger partial charge in [-0.15, -0.1) is 5.10 Å². The number of hydrogen-bond acceptors (Lipinski definition) is 4. The van der Waals surface area contributed by atoms with E-state index in [0.29, 0.717) is 6.20 Å². The third-order valence-corrected chi connectivity index (χ3v) is 3.33. The van der Waals surface area contributed by atoms with Crippen molar-refractivity contribution in [3.63, 3.8) is 0 Å². The number of nitrogens with one attached hydrogen (secondary N) is 1. The summed E-state index contributed by atoms with van der Waals surface area (Å²) in [5.74, 6) is -0.948. The average molecular weight is 360 g/mol. The van der Waals surface area contributed by atoms with Gasteiger partial charge >= 0.3 is 6.18 Å². The maximum atomic E-state index is 14.4. The van der Waals surface area contributed by atoms with Crippen molar-refractivity contribution in [3.8, 4) is 16.9 Å². The quantitative estimate of drug-likeness (QED) is 0.714. The lowest BCUT2D eigenvalue weighted by Crippen LogP contribution is -2.08. The zero-order valence-electron chi connectivity index (χ0n) is 11.5. The Balaban J connectivity index is 2.24. The van der Waals surface area contributed by atoms with Crippen LogP contribution in [0.15, 0.2) is 35.5 Å². The van der Waals surface area contributed by atoms with Crippen LogP contribution in [-0.4, -0.2) is 25.0 Å². The third-order valence-electron chi connectivity index (χ3n) is 3.04. The molecule has 3 aromatic rings. The molecule has 1 aromatic carbocycles. The van der Waals surface area contributed by atoms with E-state index in [2.05, 4.69) is 20.3 Å². The number of aromatic amines is 1. The van der Waals surface area contributed by atoms with E-state index >= 15 is 0 Å². The standard InChI is InChI=1S/C13H6ClF4N5O/c14-6-1-2-8(23-4-9(21-22-23)13(16,17)18)11(12(6)15)7-3-10(24)20-5-19-7/h1-5H,(H,19,20,24). The molecule has 1 N–H and O–H groups in total. The van der Waals surface area contributed by atoms with Crippen molar-refractivity contribution in [1.29, 1.82) is 0 Å². The molecule has 6 nitrogen and oxygen atoms in total. The Bertz CT molecular complexity index is 965. The van der Waals surface area contributed by atoms with Crippen molar-refractivity contribution in [2.45, 2.75) is 6.18 Å². The molecule has 124 valence electrons. The highest BCUT2D eigenvalue weighted by molar-refractivity contribution is 6.31. The first kappa shape index (κ1) is 16.1. The molecule has 0 bridgehead atoms. The first-order valence-corrected chi connectivity index (χ1v) is 6.68. The Morgan fingerprint density at radius 3 is 2.62 bits per heavy atom. The highest BCUT2D eigenvalue weighted by Crippen LogP contribution is 2.33. The number of hydrogen-bond donors (Lipinski definition) is 1. The van der Waals surface area contributed by atoms with Gasteiger partial charge in [-0.3, -0.25) is 4.79 Å². The molecule has 3 rings (SSSR count). The fourth-order valence-electron chi connectivity index (χ4n) is 1.99. The molecular weight excluding hydrogens is 354 g/mol. The van der Waals surface area contributed by atoms with E-state index in [1.54, 1.807) is 0 Å². The van der Waals surface area contributed by atoms with Crippen LogP contribution in [0.1, 0.15) is 5.69 Å². The number of benzene rings is 1. The Kier molecular flexibility index (Phi) is 3.84. The van der Waals surface area contributed by atoms with Gasteiger partial charge < -0.3 is 4.98 Å². The van der Waals surface area contributed by atoms with Crippen LogP contribution in [0.2, 0.25) is 5.02 Å². The minimum Gasteiger partial charge on any atom is -0.313 e. The largest absolute Gasteiger partial charge is 0.436 e. The second-order valence-electron chi connectivity index (χ2n) is 4.60. The van der Waals surface area contributed by atoms with E-state index in [0.717, 1.165) is 23.1 Å². The Morgan fingerprint density at radius 1 is 1.25 bits per heavy atom. The maximum Gasteiger partial charge on any atom is 0.436 e. The predicted molar refractivity (Wildman–Crippen MR) is 75.2 cm³/mol. The zero-order chi connectivity index (χ0) is 17.5. The molecule has 0 radical (unpaired) electrons. The molecule has 2 heterocycles. The highest BCUT2D eigenvalue weighted by Gasteiger charge is 2.35. The fourth-order valence-corrected chi connectivity index (χ4v) is 2.15. The van der Waals surface area contributed by atoms with Crippen molar-refractivity contribution >= 4 is 11.6 Å². The highest BCUT2D eigenvalue weighted by atomic mass is 35.5. The van der Waals surface area contributed by atoms with Crippen molar-refractivity contribution in [1.82, 2.24) is 25.0 Å². The molecule has 0 aliphatic rings. The monoisotopic (exact) mass is 359 g/mol. The molecule has 0 spiro atoms. The summed E-state index contributed by atoms with van der Waals surface area (Å²) in [6, 6.07) is 3.39. The second-order valence-corrected chi connectivity index (χ2v) is 5.01. The molecule has 2 aromatic heterocycles. The molecule has 0 atom stereocenters. The Morgan fingerprint density at radius 2 is 2.00 bits per heavy atom. The molecule has 0 saturated carbocycles. The van der Waals surface area contributed by atoms with Gasteiger partial charge in [0.1, 0.15) is 0 Å². The minimum atomic E-state index is -4.70. The number of H-pyrrole nitrogens is 1. The molecule has 11 heteroatoms. The summed E-state index contributed by atoms with van der Waals surface area (Å²) in [7, 11) is 0. The SMILES string of the molecule is O=c1cc(-c2c(-n3cc(C(F)(F)F)nn3)ccc(Cl)c2F)nc[nH]1. The summed E-state index contributed by atoms with van der Waals surface area (Å²) in [6.45, 7) is 0. The summed E-state index contributed by atoms with van der Waals surface area (Å²) in [4.78, 5) is 17.5. The van der Waals surface area contributed by atoms with Crippen molar-refractivity contribution in [2.75, 3.05) is 0 Å². The lowest BCUT2D eigenvalue weighted by molar-refractivity contribution is -0.141. The third kappa shape index (κ3) is 2.87. The van der Waals surface area contributed by atoms with Crippen LogP contribution in [0.5, 0.6) is 0 Å². The smallest absolute Gasteiger partial charge is 0.313 e. The molecule has 0 amide bonds.